The zero-order chi connectivity index (χ0) is 26.8. The first-order valence-electron chi connectivity index (χ1n) is 12.9. The average Bonchev–Trinajstić information content (AvgIpc) is 3.72. The highest BCUT2D eigenvalue weighted by atomic mass is 35.5. The number of halogens is 2. The number of carbonyl (C=O) groups excluding carboxylic acids is 2. The molecule has 2 fully saturated rings. The lowest BCUT2D eigenvalue weighted by atomic mass is 9.65. The van der Waals surface area contributed by atoms with Crippen LogP contribution >= 0.6 is 23.2 Å². The third kappa shape index (κ3) is 6.06. The average molecular weight is 566 g/mol. The molecule has 37 heavy (non-hydrogen) atoms. The Bertz CT molecular complexity index is 1230. The molecule has 0 aromatic heterocycles. The van der Waals surface area contributed by atoms with Crippen LogP contribution in [0.1, 0.15) is 69.0 Å². The van der Waals surface area contributed by atoms with E-state index in [1.807, 2.05) is 60.4 Å². The minimum Gasteiger partial charge on any atom is -0.330 e. The summed E-state index contributed by atoms with van der Waals surface area (Å²) in [6.07, 6.45) is 3.78. The number of piperidine rings is 1. The molecule has 4 rings (SSSR count). The zero-order valence-electron chi connectivity index (χ0n) is 21.2. The van der Waals surface area contributed by atoms with Crippen molar-refractivity contribution in [3.05, 3.63) is 69.7 Å². The highest BCUT2D eigenvalue weighted by Crippen LogP contribution is 2.54. The van der Waals surface area contributed by atoms with Gasteiger partial charge in [-0.1, -0.05) is 54.4 Å². The van der Waals surface area contributed by atoms with E-state index in [0.717, 1.165) is 30.3 Å². The molecule has 2 aromatic rings. The number of rotatable bonds is 11. The maximum atomic E-state index is 14.5. The maximum Gasteiger partial charge on any atom is 0.230 e. The van der Waals surface area contributed by atoms with Gasteiger partial charge in [-0.25, -0.2) is 13.1 Å². The largest absolute Gasteiger partial charge is 0.330 e. The summed E-state index contributed by atoms with van der Waals surface area (Å²) in [6, 6.07) is 14.4. The van der Waals surface area contributed by atoms with Crippen molar-refractivity contribution in [3.8, 4) is 0 Å². The molecule has 2 aliphatic rings. The Morgan fingerprint density at radius 2 is 1.78 bits per heavy atom. The summed E-state index contributed by atoms with van der Waals surface area (Å²) in [7, 11) is -3.46. The molecule has 1 saturated heterocycles. The lowest BCUT2D eigenvalue weighted by Gasteiger charge is -2.53. The number of nitrogens with one attached hydrogen (secondary N) is 1. The summed E-state index contributed by atoms with van der Waals surface area (Å²) in [6.45, 7) is 3.68. The molecular weight excluding hydrogens is 531 g/mol. The van der Waals surface area contributed by atoms with Gasteiger partial charge in [-0.2, -0.15) is 0 Å². The van der Waals surface area contributed by atoms with Crippen molar-refractivity contribution in [1.29, 1.82) is 0 Å². The lowest BCUT2D eigenvalue weighted by molar-refractivity contribution is -0.158. The first-order valence-corrected chi connectivity index (χ1v) is 15.3. The zero-order valence-corrected chi connectivity index (χ0v) is 23.5. The molecule has 200 valence electrons. The van der Waals surface area contributed by atoms with E-state index in [1.165, 1.54) is 0 Å². The molecule has 1 saturated carbocycles. The van der Waals surface area contributed by atoms with Gasteiger partial charge in [0.1, 0.15) is 6.29 Å². The summed E-state index contributed by atoms with van der Waals surface area (Å²) in [5, 5.41) is 1.19. The highest BCUT2D eigenvalue weighted by Gasteiger charge is 2.54. The third-order valence-electron chi connectivity index (χ3n) is 8.03. The van der Waals surface area contributed by atoms with Crippen LogP contribution in [0.2, 0.25) is 10.0 Å². The molecule has 1 N–H and O–H groups in total. The number of amides is 1. The number of nitrogens with zero attached hydrogens (tertiary/aromatic N) is 1. The van der Waals surface area contributed by atoms with Crippen molar-refractivity contribution in [2.24, 2.45) is 11.3 Å². The molecule has 1 aliphatic heterocycles. The van der Waals surface area contributed by atoms with Crippen LogP contribution in [-0.4, -0.2) is 43.9 Å². The summed E-state index contributed by atoms with van der Waals surface area (Å²) < 4.78 is 27.6. The van der Waals surface area contributed by atoms with Crippen LogP contribution < -0.4 is 4.72 Å². The lowest BCUT2D eigenvalue weighted by Crippen LogP contribution is -2.59. The SMILES string of the molecule is CC[C@]1(CC=O)C[C@H](c2cccc(Cl)c2)[C@@H](c2ccc(Cl)cc2)N([C@@H](CNS(=O)(=O)CC)C2CC2)C1=O. The second-order valence-electron chi connectivity index (χ2n) is 10.2. The second-order valence-corrected chi connectivity index (χ2v) is 13.2. The predicted molar refractivity (Wildman–Crippen MR) is 147 cm³/mol. The standard InChI is InChI=1S/C28H34Cl2N2O4S/c1-3-28(14-15-33)17-24(21-6-5-7-23(30)16-21)26(20-10-12-22(29)13-11-20)32(27(28)34)25(19-8-9-19)18-31-37(35,36)4-2/h5-7,10-13,15-16,19,24-26,31H,3-4,8-9,14,17-18H2,1-2H3/t24-,25+,26-,28+/m1/s1. The van der Waals surface area contributed by atoms with Gasteiger partial charge in [0.05, 0.1) is 17.2 Å². The van der Waals surface area contributed by atoms with Crippen molar-refractivity contribution in [3.63, 3.8) is 0 Å². The molecule has 9 heteroatoms. The molecule has 1 heterocycles. The minimum atomic E-state index is -3.46. The number of sulfonamides is 1. The van der Waals surface area contributed by atoms with Crippen LogP contribution in [-0.2, 0) is 19.6 Å². The molecule has 0 radical (unpaired) electrons. The predicted octanol–water partition coefficient (Wildman–Crippen LogP) is 5.75. The summed E-state index contributed by atoms with van der Waals surface area (Å²) in [4.78, 5) is 28.3. The van der Waals surface area contributed by atoms with E-state index < -0.39 is 15.4 Å². The van der Waals surface area contributed by atoms with Gasteiger partial charge in [0.15, 0.2) is 0 Å². The first kappa shape index (κ1) is 28.1. The molecule has 0 unspecified atom stereocenters. The summed E-state index contributed by atoms with van der Waals surface area (Å²) in [5.74, 6) is -0.0923. The third-order valence-corrected chi connectivity index (χ3v) is 9.89. The quantitative estimate of drug-likeness (QED) is 0.352. The van der Waals surface area contributed by atoms with E-state index in [4.69, 9.17) is 23.2 Å². The van der Waals surface area contributed by atoms with Gasteiger partial charge in [-0.15, -0.1) is 0 Å². The van der Waals surface area contributed by atoms with E-state index in [1.54, 1.807) is 6.92 Å². The van der Waals surface area contributed by atoms with E-state index >= 15 is 0 Å². The maximum absolute atomic E-state index is 14.5. The number of benzene rings is 2. The highest BCUT2D eigenvalue weighted by molar-refractivity contribution is 7.89. The van der Waals surface area contributed by atoms with E-state index in [0.29, 0.717) is 22.9 Å². The molecule has 4 atom stereocenters. The molecule has 1 aliphatic carbocycles. The van der Waals surface area contributed by atoms with Crippen molar-refractivity contribution in [2.75, 3.05) is 12.3 Å². The van der Waals surface area contributed by atoms with Crippen molar-refractivity contribution in [2.45, 2.75) is 64.0 Å². The van der Waals surface area contributed by atoms with Crippen LogP contribution in [0.15, 0.2) is 48.5 Å². The van der Waals surface area contributed by atoms with Gasteiger partial charge >= 0.3 is 0 Å². The Balaban J connectivity index is 1.90. The van der Waals surface area contributed by atoms with Crippen LogP contribution in [0.4, 0.5) is 0 Å². The normalized spacial score (nSPS) is 25.2. The van der Waals surface area contributed by atoms with E-state index in [2.05, 4.69) is 4.72 Å². The second kappa shape index (κ2) is 11.4. The Morgan fingerprint density at radius 1 is 1.08 bits per heavy atom. The Kier molecular flexibility index (Phi) is 8.68. The first-order chi connectivity index (χ1) is 17.6. The fourth-order valence-corrected chi connectivity index (χ4v) is 6.67. The van der Waals surface area contributed by atoms with Crippen molar-refractivity contribution < 1.29 is 18.0 Å². The number of likely N-dealkylation sites (tertiary alicyclic amines) is 1. The minimum absolute atomic E-state index is 0.0336. The smallest absolute Gasteiger partial charge is 0.230 e. The number of hydrogen-bond acceptors (Lipinski definition) is 4. The summed E-state index contributed by atoms with van der Waals surface area (Å²) in [5.41, 5.74) is 1.02. The van der Waals surface area contributed by atoms with Crippen LogP contribution in [0.5, 0.6) is 0 Å². The van der Waals surface area contributed by atoms with Crippen molar-refractivity contribution in [1.82, 2.24) is 9.62 Å². The molecule has 0 spiro atoms. The Hall–Kier alpha value is -1.93. The topological polar surface area (TPSA) is 83.6 Å². The van der Waals surface area contributed by atoms with Gasteiger partial charge in [0, 0.05) is 35.0 Å². The number of aldehydes is 1. The molecule has 1 amide bonds. The molecule has 6 nitrogen and oxygen atoms in total. The molecular formula is C28H34Cl2N2O4S. The van der Waals surface area contributed by atoms with Crippen LogP contribution in [0.3, 0.4) is 0 Å². The van der Waals surface area contributed by atoms with Gasteiger partial charge < -0.3 is 9.69 Å². The van der Waals surface area contributed by atoms with Crippen LogP contribution in [0.25, 0.3) is 0 Å². The number of carbonyl (C=O) groups is 2. The number of hydrogen-bond donors (Lipinski definition) is 1. The Morgan fingerprint density at radius 3 is 2.35 bits per heavy atom. The summed E-state index contributed by atoms with van der Waals surface area (Å²) >= 11 is 12.6. The van der Waals surface area contributed by atoms with Gasteiger partial charge in [0.25, 0.3) is 0 Å². The molecule has 0 bridgehead atoms. The van der Waals surface area contributed by atoms with Crippen molar-refractivity contribution >= 4 is 45.4 Å². The Labute approximate surface area is 229 Å². The fourth-order valence-electron chi connectivity index (χ4n) is 5.72. The van der Waals surface area contributed by atoms with Gasteiger partial charge in [0.2, 0.25) is 15.9 Å². The molecule has 2 aromatic carbocycles. The van der Waals surface area contributed by atoms with E-state index in [-0.39, 0.29) is 48.5 Å². The van der Waals surface area contributed by atoms with Gasteiger partial charge in [-0.05, 0) is 73.9 Å². The monoisotopic (exact) mass is 564 g/mol. The fraction of sp³-hybridized carbons (Fsp3) is 0.500. The van der Waals surface area contributed by atoms with E-state index in [9.17, 15) is 18.0 Å². The van der Waals surface area contributed by atoms with Crippen LogP contribution in [0, 0.1) is 11.3 Å². The van der Waals surface area contributed by atoms with Gasteiger partial charge in [-0.3, -0.25) is 4.79 Å².